The van der Waals surface area contributed by atoms with E-state index in [0.717, 1.165) is 12.1 Å². The highest BCUT2D eigenvalue weighted by atomic mass is 19.3. The van der Waals surface area contributed by atoms with Crippen LogP contribution in [0.5, 0.6) is 11.5 Å². The Morgan fingerprint density at radius 1 is 1.19 bits per heavy atom. The summed E-state index contributed by atoms with van der Waals surface area (Å²) < 4.78 is 58.4. The maximum Gasteiger partial charge on any atom is 0.387 e. The van der Waals surface area contributed by atoms with Crippen LogP contribution in [0.3, 0.4) is 0 Å². The average molecular weight is 375 g/mol. The second-order valence-electron chi connectivity index (χ2n) is 5.90. The number of hydrogen-bond acceptors (Lipinski definition) is 4. The maximum atomic E-state index is 12.6. The van der Waals surface area contributed by atoms with Crippen molar-refractivity contribution in [2.45, 2.75) is 50.4 Å². The molecule has 3 N–H and O–H groups in total. The van der Waals surface area contributed by atoms with Gasteiger partial charge in [-0.2, -0.15) is 22.8 Å². The molecule has 1 aliphatic rings. The van der Waals surface area contributed by atoms with Crippen molar-refractivity contribution in [3.05, 3.63) is 23.8 Å². The normalized spacial score (nSPS) is 22.7. The average Bonchev–Trinajstić information content (AvgIpc) is 2.56. The Morgan fingerprint density at radius 3 is 2.27 bits per heavy atom. The topological polar surface area (TPSA) is 97.4 Å². The fraction of sp³-hybridized carbons (Fsp3) is 0.500. The van der Waals surface area contributed by atoms with Gasteiger partial charge in [-0.05, 0) is 43.4 Å². The third-order valence-electron chi connectivity index (χ3n) is 4.33. The van der Waals surface area contributed by atoms with E-state index in [4.69, 9.17) is 5.73 Å². The number of nitrogens with zero attached hydrogens (tertiary/aromatic N) is 1. The van der Waals surface area contributed by atoms with Gasteiger partial charge in [-0.25, -0.2) is 4.79 Å². The second kappa shape index (κ2) is 8.12. The van der Waals surface area contributed by atoms with Crippen molar-refractivity contribution < 1.29 is 31.8 Å². The molecule has 1 fully saturated rings. The van der Waals surface area contributed by atoms with Crippen LogP contribution in [0.4, 0.5) is 22.4 Å². The molecular formula is C16H17F4N3O3. The minimum atomic E-state index is -3.24. The number of carbonyl (C=O) groups is 1. The predicted octanol–water partition coefficient (Wildman–Crippen LogP) is 3.26. The van der Waals surface area contributed by atoms with Gasteiger partial charge in [0, 0.05) is 6.04 Å². The Balaban J connectivity index is 2.28. The van der Waals surface area contributed by atoms with Gasteiger partial charge in [0.2, 0.25) is 0 Å². The third-order valence-corrected chi connectivity index (χ3v) is 4.33. The number of carbonyl (C=O) groups excluding carboxylic acids is 1. The van der Waals surface area contributed by atoms with Gasteiger partial charge in [0.25, 0.3) is 0 Å². The van der Waals surface area contributed by atoms with E-state index < -0.39 is 36.2 Å². The van der Waals surface area contributed by atoms with Crippen molar-refractivity contribution >= 4 is 6.03 Å². The van der Waals surface area contributed by atoms with Crippen molar-refractivity contribution in [1.29, 1.82) is 5.26 Å². The Bertz CT molecular complexity index is 686. The minimum Gasteiger partial charge on any atom is -0.431 e. The summed E-state index contributed by atoms with van der Waals surface area (Å²) in [6.07, 6.45) is 1.57. The van der Waals surface area contributed by atoms with Crippen LogP contribution in [0.25, 0.3) is 0 Å². The van der Waals surface area contributed by atoms with Gasteiger partial charge in [0.15, 0.2) is 11.5 Å². The van der Waals surface area contributed by atoms with Gasteiger partial charge in [-0.3, -0.25) is 0 Å². The molecule has 0 unspecified atom stereocenters. The summed E-state index contributed by atoms with van der Waals surface area (Å²) in [6.45, 7) is -6.44. The van der Waals surface area contributed by atoms with Gasteiger partial charge >= 0.3 is 19.3 Å². The van der Waals surface area contributed by atoms with Gasteiger partial charge in [-0.15, -0.1) is 0 Å². The lowest BCUT2D eigenvalue weighted by Gasteiger charge is -2.35. The first kappa shape index (κ1) is 19.6. The van der Waals surface area contributed by atoms with Crippen molar-refractivity contribution in [3.63, 3.8) is 0 Å². The smallest absolute Gasteiger partial charge is 0.387 e. The molecule has 26 heavy (non-hydrogen) atoms. The largest absolute Gasteiger partial charge is 0.431 e. The highest BCUT2D eigenvalue weighted by Gasteiger charge is 2.38. The second-order valence-corrected chi connectivity index (χ2v) is 5.90. The van der Waals surface area contributed by atoms with Crippen molar-refractivity contribution in [2.24, 2.45) is 5.73 Å². The Hall–Kier alpha value is -2.70. The number of rotatable bonds is 6. The molecule has 0 aromatic heterocycles. The SMILES string of the molecule is N#C[C@]1(c2ccc(OC(F)F)c(OC(F)F)c2)CC[C@H](NC(N)=O)CC1. The van der Waals surface area contributed by atoms with Crippen LogP contribution in [0.15, 0.2) is 18.2 Å². The lowest BCUT2D eigenvalue weighted by atomic mass is 9.69. The minimum absolute atomic E-state index is 0.188. The van der Waals surface area contributed by atoms with E-state index in [1.807, 2.05) is 0 Å². The lowest BCUT2D eigenvalue weighted by Crippen LogP contribution is -2.43. The highest BCUT2D eigenvalue weighted by Crippen LogP contribution is 2.42. The number of urea groups is 1. The number of ether oxygens (including phenoxy) is 2. The number of hydrogen-bond donors (Lipinski definition) is 2. The van der Waals surface area contributed by atoms with Crippen molar-refractivity contribution in [1.82, 2.24) is 5.32 Å². The zero-order valence-electron chi connectivity index (χ0n) is 13.6. The summed E-state index contributed by atoms with van der Waals surface area (Å²) in [5.74, 6) is -1.11. The molecule has 1 saturated carbocycles. The van der Waals surface area contributed by atoms with E-state index in [2.05, 4.69) is 20.9 Å². The molecule has 0 atom stereocenters. The van der Waals surface area contributed by atoms with Crippen LogP contribution in [0, 0.1) is 11.3 Å². The van der Waals surface area contributed by atoms with Gasteiger partial charge in [0.05, 0.1) is 11.5 Å². The summed E-state index contributed by atoms with van der Waals surface area (Å²) >= 11 is 0. The Labute approximate surface area is 146 Å². The monoisotopic (exact) mass is 375 g/mol. The fourth-order valence-electron chi connectivity index (χ4n) is 3.11. The Kier molecular flexibility index (Phi) is 6.13. The number of alkyl halides is 4. The Morgan fingerprint density at radius 2 is 1.77 bits per heavy atom. The first-order valence-electron chi connectivity index (χ1n) is 7.77. The molecule has 142 valence electrons. The zero-order valence-corrected chi connectivity index (χ0v) is 13.6. The number of nitrogens with two attached hydrogens (primary N) is 1. The fourth-order valence-corrected chi connectivity index (χ4v) is 3.11. The summed E-state index contributed by atoms with van der Waals surface area (Å²) in [5.41, 5.74) is 4.42. The highest BCUT2D eigenvalue weighted by molar-refractivity contribution is 5.72. The number of amides is 2. The molecule has 0 aliphatic heterocycles. The van der Waals surface area contributed by atoms with E-state index in [-0.39, 0.29) is 6.04 Å². The first-order chi connectivity index (χ1) is 12.3. The quantitative estimate of drug-likeness (QED) is 0.746. The van der Waals surface area contributed by atoms with E-state index in [9.17, 15) is 27.6 Å². The van der Waals surface area contributed by atoms with E-state index in [1.54, 1.807) is 0 Å². The predicted molar refractivity (Wildman–Crippen MR) is 82.0 cm³/mol. The lowest BCUT2D eigenvalue weighted by molar-refractivity contribution is -0.0693. The number of nitrogens with one attached hydrogen (secondary N) is 1. The van der Waals surface area contributed by atoms with E-state index >= 15 is 0 Å². The van der Waals surface area contributed by atoms with E-state index in [1.165, 1.54) is 6.07 Å². The summed E-state index contributed by atoms with van der Waals surface area (Å²) in [7, 11) is 0. The standard InChI is InChI=1S/C16H17F4N3O3/c17-13(18)25-11-2-1-9(7-12(11)26-14(19)20)16(8-21)5-3-10(4-6-16)23-15(22)24/h1-2,7,10,13-14H,3-6H2,(H3,22,23,24)/t10-,16-. The number of halogens is 4. The molecule has 1 aromatic carbocycles. The molecule has 0 heterocycles. The van der Waals surface area contributed by atoms with Crippen molar-refractivity contribution in [2.75, 3.05) is 0 Å². The first-order valence-corrected chi connectivity index (χ1v) is 7.77. The molecule has 6 nitrogen and oxygen atoms in total. The molecule has 0 spiro atoms. The maximum absolute atomic E-state index is 12.6. The van der Waals surface area contributed by atoms with Gasteiger partial charge < -0.3 is 20.5 Å². The van der Waals surface area contributed by atoms with Crippen molar-refractivity contribution in [3.8, 4) is 17.6 Å². The molecule has 0 saturated heterocycles. The number of primary amides is 1. The summed E-state index contributed by atoms with van der Waals surface area (Å²) in [6, 6.07) is 4.89. The summed E-state index contributed by atoms with van der Waals surface area (Å²) in [4.78, 5) is 10.9. The molecule has 1 aromatic rings. The molecule has 0 radical (unpaired) electrons. The van der Waals surface area contributed by atoms with E-state index in [0.29, 0.717) is 31.2 Å². The van der Waals surface area contributed by atoms with Crippen LogP contribution in [0.1, 0.15) is 31.2 Å². The van der Waals surface area contributed by atoms with Gasteiger partial charge in [0.1, 0.15) is 0 Å². The third kappa shape index (κ3) is 4.68. The zero-order chi connectivity index (χ0) is 19.3. The van der Waals surface area contributed by atoms with Crippen LogP contribution >= 0.6 is 0 Å². The number of nitriles is 1. The van der Waals surface area contributed by atoms with Crippen LogP contribution in [-0.4, -0.2) is 25.3 Å². The molecule has 2 amide bonds. The molecular weight excluding hydrogens is 358 g/mol. The molecule has 0 bridgehead atoms. The van der Waals surface area contributed by atoms with Crippen LogP contribution in [-0.2, 0) is 5.41 Å². The summed E-state index contributed by atoms with van der Waals surface area (Å²) in [5, 5.41) is 12.2. The molecule has 1 aliphatic carbocycles. The van der Waals surface area contributed by atoms with Crippen LogP contribution < -0.4 is 20.5 Å². The molecule has 2 rings (SSSR count). The number of benzene rings is 1. The van der Waals surface area contributed by atoms with Gasteiger partial charge in [-0.1, -0.05) is 6.07 Å². The molecule has 10 heteroatoms. The van der Waals surface area contributed by atoms with Crippen LogP contribution in [0.2, 0.25) is 0 Å².